The van der Waals surface area contributed by atoms with Gasteiger partial charge in [-0.15, -0.1) is 0 Å². The predicted octanol–water partition coefficient (Wildman–Crippen LogP) is 3.80. The summed E-state index contributed by atoms with van der Waals surface area (Å²) in [6.45, 7) is 0. The molecule has 0 fully saturated rings. The molecule has 122 valence electrons. The molecule has 2 aromatic rings. The van der Waals surface area contributed by atoms with E-state index in [0.29, 0.717) is 21.1 Å². The van der Waals surface area contributed by atoms with Crippen molar-refractivity contribution in [3.63, 3.8) is 0 Å². The molecule has 0 bridgehead atoms. The first-order valence-electron chi connectivity index (χ1n) is 6.12. The lowest BCUT2D eigenvalue weighted by Crippen LogP contribution is -2.16. The number of aromatic amines is 1. The summed E-state index contributed by atoms with van der Waals surface area (Å²) in [5.74, 6) is 0.354. The molecule has 0 aliphatic rings. The molecular formula is C13H10Br3N3O3S. The molecule has 1 amide bonds. The Morgan fingerprint density at radius 2 is 2.13 bits per heavy atom. The summed E-state index contributed by atoms with van der Waals surface area (Å²) < 4.78 is 7.55. The number of halogens is 3. The molecular weight excluding hydrogens is 518 g/mol. The van der Waals surface area contributed by atoms with Crippen LogP contribution in [0.2, 0.25) is 0 Å². The molecule has 2 rings (SSSR count). The van der Waals surface area contributed by atoms with Gasteiger partial charge in [0.25, 0.3) is 5.56 Å². The zero-order valence-electron chi connectivity index (χ0n) is 11.7. The van der Waals surface area contributed by atoms with Crippen molar-refractivity contribution in [3.05, 3.63) is 42.1 Å². The van der Waals surface area contributed by atoms with Gasteiger partial charge in [-0.1, -0.05) is 11.8 Å². The Labute approximate surface area is 161 Å². The Balaban J connectivity index is 2.10. The summed E-state index contributed by atoms with van der Waals surface area (Å²) in [6, 6.07) is 3.05. The highest BCUT2D eigenvalue weighted by Crippen LogP contribution is 2.43. The number of rotatable bonds is 5. The Morgan fingerprint density at radius 3 is 2.78 bits per heavy atom. The van der Waals surface area contributed by atoms with Gasteiger partial charge in [-0.2, -0.15) is 0 Å². The number of methoxy groups -OCH3 is 1. The Morgan fingerprint density at radius 1 is 1.39 bits per heavy atom. The molecule has 0 saturated heterocycles. The van der Waals surface area contributed by atoms with Crippen molar-refractivity contribution in [3.8, 4) is 5.75 Å². The van der Waals surface area contributed by atoms with E-state index >= 15 is 0 Å². The topological polar surface area (TPSA) is 84.1 Å². The van der Waals surface area contributed by atoms with Gasteiger partial charge in [0.2, 0.25) is 5.91 Å². The molecule has 0 radical (unpaired) electrons. The van der Waals surface area contributed by atoms with Crippen molar-refractivity contribution in [1.29, 1.82) is 0 Å². The van der Waals surface area contributed by atoms with Crippen LogP contribution in [0.1, 0.15) is 0 Å². The number of nitrogens with zero attached hydrogens (tertiary/aromatic N) is 1. The van der Waals surface area contributed by atoms with Crippen molar-refractivity contribution in [2.75, 3.05) is 18.2 Å². The fourth-order valence-electron chi connectivity index (χ4n) is 1.62. The van der Waals surface area contributed by atoms with E-state index in [1.807, 2.05) is 0 Å². The molecule has 10 heteroatoms. The lowest BCUT2D eigenvalue weighted by Gasteiger charge is -2.14. The van der Waals surface area contributed by atoms with Gasteiger partial charge in [0.1, 0.15) is 0 Å². The summed E-state index contributed by atoms with van der Waals surface area (Å²) in [5.41, 5.74) is 0.264. The number of carbonyl (C=O) groups is 1. The van der Waals surface area contributed by atoms with Crippen LogP contribution < -0.4 is 15.6 Å². The van der Waals surface area contributed by atoms with Crippen LogP contribution in [-0.2, 0) is 4.79 Å². The second-order valence-electron chi connectivity index (χ2n) is 4.14. The molecule has 0 saturated carbocycles. The number of nitrogens with one attached hydrogen (secondary N) is 2. The highest BCUT2D eigenvalue weighted by Gasteiger charge is 2.16. The number of aromatic nitrogens is 2. The van der Waals surface area contributed by atoms with Gasteiger partial charge in [-0.3, -0.25) is 9.59 Å². The minimum absolute atomic E-state index is 0.0986. The highest BCUT2D eigenvalue weighted by molar-refractivity contribution is 9.14. The zero-order chi connectivity index (χ0) is 17.0. The largest absolute Gasteiger partial charge is 0.493 e. The molecule has 23 heavy (non-hydrogen) atoms. The van der Waals surface area contributed by atoms with Crippen molar-refractivity contribution < 1.29 is 9.53 Å². The first kappa shape index (κ1) is 18.5. The number of hydrogen-bond donors (Lipinski definition) is 2. The van der Waals surface area contributed by atoms with E-state index in [-0.39, 0.29) is 17.2 Å². The highest BCUT2D eigenvalue weighted by atomic mass is 79.9. The van der Waals surface area contributed by atoms with Crippen LogP contribution >= 0.6 is 59.6 Å². The van der Waals surface area contributed by atoms with Crippen molar-refractivity contribution >= 4 is 71.1 Å². The molecule has 1 aromatic carbocycles. The van der Waals surface area contributed by atoms with Crippen LogP contribution in [0.3, 0.4) is 0 Å². The van der Waals surface area contributed by atoms with E-state index in [0.717, 1.165) is 20.7 Å². The van der Waals surface area contributed by atoms with E-state index in [4.69, 9.17) is 4.74 Å². The van der Waals surface area contributed by atoms with E-state index in [2.05, 4.69) is 63.1 Å². The quantitative estimate of drug-likeness (QED) is 0.351. The SMILES string of the molecule is COc1c(NC(=O)CSc2nccc(=O)[nH]2)cc(Br)c(Br)c1Br. The van der Waals surface area contributed by atoms with Gasteiger partial charge in [-0.05, 0) is 53.9 Å². The Hall–Kier alpha value is -0.840. The van der Waals surface area contributed by atoms with Crippen molar-refractivity contribution in [2.24, 2.45) is 0 Å². The summed E-state index contributed by atoms with van der Waals surface area (Å²) in [5, 5.41) is 3.16. The molecule has 1 aromatic heterocycles. The number of thioether (sulfide) groups is 1. The third kappa shape index (κ3) is 4.82. The van der Waals surface area contributed by atoms with Crippen LogP contribution in [-0.4, -0.2) is 28.7 Å². The standard InChI is InChI=1S/C13H10Br3N3O3S/c1-22-12-7(4-6(14)10(15)11(12)16)18-9(21)5-23-13-17-3-2-8(20)19-13/h2-4H,5H2,1H3,(H,18,21)(H,17,19,20). The van der Waals surface area contributed by atoms with E-state index in [1.165, 1.54) is 19.4 Å². The smallest absolute Gasteiger partial charge is 0.251 e. The molecule has 2 N–H and O–H groups in total. The zero-order valence-corrected chi connectivity index (χ0v) is 17.2. The fraction of sp³-hybridized carbons (Fsp3) is 0.154. The van der Waals surface area contributed by atoms with Crippen LogP contribution in [0.5, 0.6) is 5.75 Å². The molecule has 0 atom stereocenters. The molecule has 0 unspecified atom stereocenters. The van der Waals surface area contributed by atoms with Crippen LogP contribution in [0.4, 0.5) is 5.69 Å². The van der Waals surface area contributed by atoms with Gasteiger partial charge < -0.3 is 15.0 Å². The van der Waals surface area contributed by atoms with Crippen LogP contribution in [0.25, 0.3) is 0 Å². The van der Waals surface area contributed by atoms with Crippen molar-refractivity contribution in [2.45, 2.75) is 5.16 Å². The lowest BCUT2D eigenvalue weighted by atomic mass is 10.3. The van der Waals surface area contributed by atoms with Gasteiger partial charge in [0.15, 0.2) is 10.9 Å². The Bertz CT molecular complexity index is 798. The normalized spacial score (nSPS) is 10.4. The second kappa shape index (κ2) is 8.32. The van der Waals surface area contributed by atoms with Gasteiger partial charge >= 0.3 is 0 Å². The second-order valence-corrected chi connectivity index (χ2v) is 7.55. The molecule has 6 nitrogen and oxygen atoms in total. The third-order valence-corrected chi connectivity index (χ3v) is 6.74. The summed E-state index contributed by atoms with van der Waals surface area (Å²) in [7, 11) is 1.52. The average Bonchev–Trinajstić information content (AvgIpc) is 2.51. The number of amides is 1. The van der Waals surface area contributed by atoms with Gasteiger partial charge in [0, 0.05) is 21.2 Å². The number of anilines is 1. The van der Waals surface area contributed by atoms with Gasteiger partial charge in [-0.25, -0.2) is 4.98 Å². The number of hydrogen-bond acceptors (Lipinski definition) is 5. The van der Waals surface area contributed by atoms with E-state index in [9.17, 15) is 9.59 Å². The first-order valence-corrected chi connectivity index (χ1v) is 9.48. The summed E-state index contributed by atoms with van der Waals surface area (Å²) in [6.07, 6.45) is 1.39. The van der Waals surface area contributed by atoms with E-state index in [1.54, 1.807) is 6.07 Å². The molecule has 1 heterocycles. The van der Waals surface area contributed by atoms with Gasteiger partial charge in [0.05, 0.1) is 23.0 Å². The maximum atomic E-state index is 12.1. The average molecular weight is 528 g/mol. The van der Waals surface area contributed by atoms with Crippen molar-refractivity contribution in [1.82, 2.24) is 9.97 Å². The maximum Gasteiger partial charge on any atom is 0.251 e. The lowest BCUT2D eigenvalue weighted by molar-refractivity contribution is -0.113. The summed E-state index contributed by atoms with van der Waals surface area (Å²) in [4.78, 5) is 29.8. The van der Waals surface area contributed by atoms with Crippen LogP contribution in [0, 0.1) is 0 Å². The summed E-state index contributed by atoms with van der Waals surface area (Å²) >= 11 is 11.3. The number of ether oxygens (including phenoxy) is 1. The Kier molecular flexibility index (Phi) is 6.69. The molecule has 0 spiro atoms. The maximum absolute atomic E-state index is 12.1. The predicted molar refractivity (Wildman–Crippen MR) is 100 cm³/mol. The van der Waals surface area contributed by atoms with Crippen LogP contribution in [0.15, 0.2) is 41.7 Å². The molecule has 0 aliphatic carbocycles. The third-order valence-electron chi connectivity index (χ3n) is 2.58. The molecule has 0 aliphatic heterocycles. The minimum atomic E-state index is -0.259. The number of benzene rings is 1. The number of carbonyl (C=O) groups excluding carboxylic acids is 1. The minimum Gasteiger partial charge on any atom is -0.493 e. The first-order chi connectivity index (χ1) is 10.9. The number of H-pyrrole nitrogens is 1. The fourth-order valence-corrected chi connectivity index (χ4v) is 3.84. The van der Waals surface area contributed by atoms with E-state index < -0.39 is 0 Å². The monoisotopic (exact) mass is 525 g/mol.